The van der Waals surface area contributed by atoms with E-state index in [4.69, 9.17) is 4.74 Å². The second-order valence-corrected chi connectivity index (χ2v) is 15.6. The molecule has 8 heteroatoms. The van der Waals surface area contributed by atoms with Crippen molar-refractivity contribution in [1.29, 1.82) is 0 Å². The van der Waals surface area contributed by atoms with Crippen molar-refractivity contribution in [2.45, 2.75) is 83.8 Å². The van der Waals surface area contributed by atoms with Crippen LogP contribution in [0.2, 0.25) is 0 Å². The number of fused-ring (bicyclic) bond motifs is 2. The number of hydrogen-bond acceptors (Lipinski definition) is 5. The van der Waals surface area contributed by atoms with Crippen LogP contribution in [0.3, 0.4) is 0 Å². The van der Waals surface area contributed by atoms with Crippen LogP contribution >= 0.6 is 11.8 Å². The van der Waals surface area contributed by atoms with E-state index < -0.39 is 23.7 Å². The standard InChI is InChI=1S/C39H47N3O4S/c1-37(2,3)46-36(45)40-29(35(43)44)24-47-34-25(20-22-32-38(4,5)27-14-10-12-16-30(27)41(32)8)18-19-26(34)21-23-33-39(6,7)28-15-11-13-17-31(28)42(33)9/h10-17,20-23,29H,18-19,24H2,1-9H3,(H-,40,43,44,45)/p+1. The van der Waals surface area contributed by atoms with E-state index >= 15 is 0 Å². The van der Waals surface area contributed by atoms with Gasteiger partial charge in [0.25, 0.3) is 0 Å². The van der Waals surface area contributed by atoms with Gasteiger partial charge in [-0.2, -0.15) is 4.58 Å². The van der Waals surface area contributed by atoms with E-state index in [1.807, 2.05) is 0 Å². The molecule has 0 saturated heterocycles. The highest BCUT2D eigenvalue weighted by Gasteiger charge is 2.43. The van der Waals surface area contributed by atoms with Crippen LogP contribution in [0.1, 0.15) is 72.4 Å². The van der Waals surface area contributed by atoms with Crippen LogP contribution in [0.15, 0.2) is 94.6 Å². The Kier molecular flexibility index (Phi) is 9.39. The number of allylic oxidation sites excluding steroid dienone is 7. The molecule has 0 saturated carbocycles. The number of nitrogens with zero attached hydrogens (tertiary/aromatic N) is 2. The Balaban J connectivity index is 1.49. The van der Waals surface area contributed by atoms with Gasteiger partial charge in [-0.25, -0.2) is 9.59 Å². The molecule has 2 heterocycles. The molecular formula is C39H48N3O4S+. The van der Waals surface area contributed by atoms with Crippen molar-refractivity contribution < 1.29 is 24.0 Å². The van der Waals surface area contributed by atoms with E-state index in [1.165, 1.54) is 45.7 Å². The molecule has 3 aliphatic rings. The van der Waals surface area contributed by atoms with Crippen molar-refractivity contribution in [1.82, 2.24) is 5.32 Å². The minimum Gasteiger partial charge on any atom is -0.480 e. The summed E-state index contributed by atoms with van der Waals surface area (Å²) in [5.74, 6) is -0.930. The number of ether oxygens (including phenoxy) is 1. The Bertz CT molecular complexity index is 1750. The Morgan fingerprint density at radius 1 is 1.00 bits per heavy atom. The Labute approximate surface area is 283 Å². The molecule has 1 aliphatic carbocycles. The number of nitrogens with one attached hydrogen (secondary N) is 1. The molecule has 0 aromatic heterocycles. The number of carboxylic acids is 1. The zero-order valence-electron chi connectivity index (χ0n) is 29.1. The van der Waals surface area contributed by atoms with Gasteiger partial charge in [0.15, 0.2) is 5.71 Å². The lowest BCUT2D eigenvalue weighted by Crippen LogP contribution is -2.44. The quantitative estimate of drug-likeness (QED) is 0.279. The summed E-state index contributed by atoms with van der Waals surface area (Å²) in [7, 11) is 4.22. The topological polar surface area (TPSA) is 81.9 Å². The molecule has 47 heavy (non-hydrogen) atoms. The van der Waals surface area contributed by atoms with E-state index in [1.54, 1.807) is 20.8 Å². The number of aliphatic carboxylic acids is 1. The zero-order valence-corrected chi connectivity index (χ0v) is 29.9. The first-order valence-corrected chi connectivity index (χ1v) is 17.2. The molecule has 1 amide bonds. The summed E-state index contributed by atoms with van der Waals surface area (Å²) in [5, 5.41) is 12.6. The van der Waals surface area contributed by atoms with Crippen LogP contribution < -0.4 is 10.2 Å². The molecule has 2 aromatic rings. The SMILES string of the molecule is CN1/C(=C/C=C2\CCC(/C=C/C3=[N+](C)c4ccccc4C3(C)C)=C2SCC(NC(=O)OC(C)(C)C)C(=O)O)C(C)(C)c2ccccc21. The van der Waals surface area contributed by atoms with Gasteiger partial charge in [-0.1, -0.05) is 62.4 Å². The van der Waals surface area contributed by atoms with Crippen molar-refractivity contribution in [2.24, 2.45) is 0 Å². The maximum absolute atomic E-state index is 12.5. The number of carbonyl (C=O) groups excluding carboxylic acids is 1. The third-order valence-corrected chi connectivity index (χ3v) is 10.7. The minimum absolute atomic E-state index is 0.156. The number of carboxylic acid groups (broad SMARTS) is 1. The molecule has 2 aromatic carbocycles. The van der Waals surface area contributed by atoms with Crippen molar-refractivity contribution in [3.05, 3.63) is 106 Å². The second-order valence-electron chi connectivity index (χ2n) is 14.6. The van der Waals surface area contributed by atoms with Gasteiger partial charge in [-0.05, 0) is 76.3 Å². The summed E-state index contributed by atoms with van der Waals surface area (Å²) in [6.45, 7) is 14.3. The molecule has 0 fully saturated rings. The zero-order chi connectivity index (χ0) is 34.3. The molecule has 2 N–H and O–H groups in total. The highest BCUT2D eigenvalue weighted by Crippen LogP contribution is 2.47. The first-order valence-electron chi connectivity index (χ1n) is 16.2. The van der Waals surface area contributed by atoms with Crippen LogP contribution in [0.5, 0.6) is 0 Å². The number of alkyl carbamates (subject to hydrolysis) is 1. The largest absolute Gasteiger partial charge is 0.480 e. The maximum Gasteiger partial charge on any atom is 0.408 e. The molecule has 5 rings (SSSR count). The maximum atomic E-state index is 12.5. The number of anilines is 1. The second kappa shape index (κ2) is 12.9. The first-order chi connectivity index (χ1) is 22.0. The molecule has 1 atom stereocenters. The molecule has 7 nitrogen and oxygen atoms in total. The number of rotatable bonds is 8. The van der Waals surface area contributed by atoms with E-state index in [2.05, 4.69) is 129 Å². The average Bonchev–Trinajstić information content (AvgIpc) is 3.53. The smallest absolute Gasteiger partial charge is 0.408 e. The minimum atomic E-state index is -1.11. The number of amides is 1. The van der Waals surface area contributed by atoms with Gasteiger partial charge < -0.3 is 20.1 Å². The van der Waals surface area contributed by atoms with Gasteiger partial charge in [0, 0.05) is 52.2 Å². The average molecular weight is 655 g/mol. The molecule has 0 spiro atoms. The monoisotopic (exact) mass is 654 g/mol. The molecular weight excluding hydrogens is 607 g/mol. The fourth-order valence-electron chi connectivity index (χ4n) is 6.96. The van der Waals surface area contributed by atoms with Crippen molar-refractivity contribution in [2.75, 3.05) is 24.7 Å². The lowest BCUT2D eigenvalue weighted by atomic mass is 9.81. The summed E-state index contributed by atoms with van der Waals surface area (Å²) >= 11 is 1.48. The molecule has 1 unspecified atom stereocenters. The normalized spacial score (nSPS) is 20.7. The van der Waals surface area contributed by atoms with Crippen molar-refractivity contribution >= 4 is 40.9 Å². The van der Waals surface area contributed by atoms with E-state index in [-0.39, 0.29) is 16.6 Å². The third-order valence-electron chi connectivity index (χ3n) is 9.40. The highest BCUT2D eigenvalue weighted by atomic mass is 32.2. The molecule has 2 aliphatic heterocycles. The summed E-state index contributed by atoms with van der Waals surface area (Å²) in [5.41, 5.74) is 8.71. The van der Waals surface area contributed by atoms with Gasteiger partial charge in [-0.15, -0.1) is 11.8 Å². The lowest BCUT2D eigenvalue weighted by Gasteiger charge is -2.24. The van der Waals surface area contributed by atoms with Gasteiger partial charge in [0.2, 0.25) is 5.69 Å². The summed E-state index contributed by atoms with van der Waals surface area (Å²) in [6.07, 6.45) is 9.79. The summed E-state index contributed by atoms with van der Waals surface area (Å²) in [4.78, 5) is 28.1. The summed E-state index contributed by atoms with van der Waals surface area (Å²) < 4.78 is 7.62. The predicted molar refractivity (Wildman–Crippen MR) is 193 cm³/mol. The van der Waals surface area contributed by atoms with Crippen LogP contribution in [0.25, 0.3) is 0 Å². The predicted octanol–water partition coefficient (Wildman–Crippen LogP) is 8.25. The number of carbonyl (C=O) groups is 2. The number of likely N-dealkylation sites (N-methyl/N-ethyl adjacent to an activating group) is 1. The first kappa shape index (κ1) is 34.3. The molecule has 248 valence electrons. The number of para-hydroxylation sites is 2. The fourth-order valence-corrected chi connectivity index (χ4v) is 8.23. The Hall–Kier alpha value is -4.04. The van der Waals surface area contributed by atoms with Crippen LogP contribution in [0, 0.1) is 0 Å². The van der Waals surface area contributed by atoms with Crippen LogP contribution in [-0.4, -0.2) is 58.9 Å². The fraction of sp³-hybridized carbons (Fsp3) is 0.410. The Morgan fingerprint density at radius 3 is 2.30 bits per heavy atom. The number of hydrogen-bond donors (Lipinski definition) is 2. The van der Waals surface area contributed by atoms with Gasteiger partial charge in [-0.3, -0.25) is 0 Å². The van der Waals surface area contributed by atoms with Crippen LogP contribution in [0.4, 0.5) is 16.2 Å². The van der Waals surface area contributed by atoms with E-state index in [0.29, 0.717) is 0 Å². The van der Waals surface area contributed by atoms with Crippen LogP contribution in [-0.2, 0) is 20.4 Å². The van der Waals surface area contributed by atoms with Gasteiger partial charge >= 0.3 is 12.1 Å². The summed E-state index contributed by atoms with van der Waals surface area (Å²) in [6, 6.07) is 15.9. The van der Waals surface area contributed by atoms with Crippen molar-refractivity contribution in [3.8, 4) is 0 Å². The van der Waals surface area contributed by atoms with Gasteiger partial charge in [0.05, 0.1) is 5.41 Å². The van der Waals surface area contributed by atoms with Gasteiger partial charge in [0.1, 0.15) is 18.7 Å². The third kappa shape index (κ3) is 6.84. The number of benzene rings is 2. The lowest BCUT2D eigenvalue weighted by molar-refractivity contribution is -0.401. The van der Waals surface area contributed by atoms with E-state index in [9.17, 15) is 14.7 Å². The number of thioether (sulfide) groups is 1. The van der Waals surface area contributed by atoms with Crippen molar-refractivity contribution in [3.63, 3.8) is 0 Å². The van der Waals surface area contributed by atoms with E-state index in [0.717, 1.165) is 28.9 Å². The highest BCUT2D eigenvalue weighted by molar-refractivity contribution is 8.03. The molecule has 0 radical (unpaired) electrons. The molecule has 0 bridgehead atoms. The Morgan fingerprint density at radius 2 is 1.66 bits per heavy atom.